The number of hydrogen-bond acceptors (Lipinski definition) is 10. The van der Waals surface area contributed by atoms with Gasteiger partial charge in [-0.05, 0) is 67.2 Å². The maximum absolute atomic E-state index is 13.5. The number of fused-ring (bicyclic) bond motifs is 8. The Kier molecular flexibility index (Phi) is 7.55. The van der Waals surface area contributed by atoms with Gasteiger partial charge in [0.15, 0.2) is 23.1 Å². The maximum atomic E-state index is 13.5. The summed E-state index contributed by atoms with van der Waals surface area (Å²) in [6.45, 7) is 0. The van der Waals surface area contributed by atoms with E-state index < -0.39 is 81.4 Å². The molecule has 1 atom stereocenters. The molecule has 1 unspecified atom stereocenters. The quantitative estimate of drug-likeness (QED) is 0.334. The minimum Gasteiger partial charge on any atom is -0.303 e. The SMILES string of the molecule is O=CC1=CC2=CC3=CC(S(=O)(=O)O)=CC(=CC4=CC(C=O)CC(=CC5=CC(S(=O)(=O)O)=CC(=CC(=C1)C2=O)C5=O)C4=O)C3=O. The van der Waals surface area contributed by atoms with Crippen LogP contribution in [0.5, 0.6) is 0 Å². The standard InChI is InChI=1S/C30H18O12S2/c31-13-15-1-17-5-21-9-25(43(37,38)39)11-23(29(21)35)7-19-3-16(14-32)4-20(28(19)34)8-24-12-26(44(40,41)42)10-22(30(24)36)6-18(2-15)27(17)33/h1-3,5-14,16H,4H2,(H,37,38,39)(H,40,41,42). The molecule has 0 aromatic carbocycles. The zero-order valence-electron chi connectivity index (χ0n) is 22.1. The molecular weight excluding hydrogens is 616 g/mol. The van der Waals surface area contributed by atoms with Crippen LogP contribution in [0.2, 0.25) is 0 Å². The molecule has 0 heterocycles. The first kappa shape index (κ1) is 30.4. The Morgan fingerprint density at radius 3 is 1.45 bits per heavy atom. The lowest BCUT2D eigenvalue weighted by Crippen LogP contribution is -2.21. The smallest absolute Gasteiger partial charge is 0.294 e. The summed E-state index contributed by atoms with van der Waals surface area (Å²) < 4.78 is 67.8. The molecule has 5 rings (SSSR count). The molecule has 12 nitrogen and oxygen atoms in total. The fourth-order valence-corrected chi connectivity index (χ4v) is 6.02. The van der Waals surface area contributed by atoms with Crippen LogP contribution in [0.25, 0.3) is 0 Å². The first-order chi connectivity index (χ1) is 20.6. The summed E-state index contributed by atoms with van der Waals surface area (Å²) in [5.41, 5.74) is -2.87. The molecule has 8 bridgehead atoms. The van der Waals surface area contributed by atoms with Crippen LogP contribution in [0.15, 0.2) is 127 Å². The summed E-state index contributed by atoms with van der Waals surface area (Å²) in [6.07, 6.45) is 11.0. The zero-order chi connectivity index (χ0) is 32.1. The van der Waals surface area contributed by atoms with Crippen molar-refractivity contribution in [2.75, 3.05) is 0 Å². The Labute approximate surface area is 249 Å². The molecule has 0 spiro atoms. The monoisotopic (exact) mass is 634 g/mol. The number of rotatable bonds is 4. The normalized spacial score (nSPS) is 22.4. The van der Waals surface area contributed by atoms with Crippen LogP contribution < -0.4 is 0 Å². The van der Waals surface area contributed by atoms with E-state index in [-0.39, 0.29) is 34.3 Å². The second-order valence-corrected chi connectivity index (χ2v) is 12.9. The molecule has 14 heteroatoms. The van der Waals surface area contributed by atoms with E-state index in [9.17, 15) is 54.7 Å². The summed E-state index contributed by atoms with van der Waals surface area (Å²) >= 11 is 0. The lowest BCUT2D eigenvalue weighted by atomic mass is 9.82. The second kappa shape index (κ2) is 10.9. The van der Waals surface area contributed by atoms with Crippen molar-refractivity contribution in [2.45, 2.75) is 6.42 Å². The summed E-state index contributed by atoms with van der Waals surface area (Å²) in [5, 5.41) is 0. The molecular formula is C30H18O12S2. The highest BCUT2D eigenvalue weighted by atomic mass is 32.2. The van der Waals surface area contributed by atoms with Crippen molar-refractivity contribution in [1.82, 2.24) is 0 Å². The lowest BCUT2D eigenvalue weighted by molar-refractivity contribution is -0.113. The first-order valence-corrected chi connectivity index (χ1v) is 15.4. The largest absolute Gasteiger partial charge is 0.303 e. The van der Waals surface area contributed by atoms with Gasteiger partial charge in [-0.1, -0.05) is 6.08 Å². The van der Waals surface area contributed by atoms with Gasteiger partial charge in [0.05, 0.1) is 9.81 Å². The molecule has 0 amide bonds. The third kappa shape index (κ3) is 5.78. The Hall–Kier alpha value is -5.02. The van der Waals surface area contributed by atoms with Crippen molar-refractivity contribution in [3.05, 3.63) is 127 Å². The molecule has 44 heavy (non-hydrogen) atoms. The third-order valence-electron chi connectivity index (χ3n) is 6.98. The van der Waals surface area contributed by atoms with Gasteiger partial charge >= 0.3 is 0 Å². The molecule has 5 aliphatic carbocycles. The second-order valence-electron chi connectivity index (χ2n) is 10.0. The van der Waals surface area contributed by atoms with Gasteiger partial charge in [0.25, 0.3) is 20.2 Å². The van der Waals surface area contributed by atoms with Gasteiger partial charge in [-0.3, -0.25) is 33.1 Å². The Morgan fingerprint density at radius 2 is 0.977 bits per heavy atom. The van der Waals surface area contributed by atoms with Gasteiger partial charge < -0.3 is 4.79 Å². The predicted octanol–water partition coefficient (Wildman–Crippen LogP) is 1.62. The Morgan fingerprint density at radius 1 is 0.545 bits per heavy atom. The summed E-state index contributed by atoms with van der Waals surface area (Å²) in [5.74, 6) is -4.33. The van der Waals surface area contributed by atoms with E-state index >= 15 is 0 Å². The van der Waals surface area contributed by atoms with Crippen LogP contribution in [-0.2, 0) is 49.0 Å². The minimum absolute atomic E-state index is 0.112. The van der Waals surface area contributed by atoms with Crippen molar-refractivity contribution in [3.63, 3.8) is 0 Å². The zero-order valence-corrected chi connectivity index (χ0v) is 23.7. The number of aldehydes is 2. The van der Waals surface area contributed by atoms with Crippen LogP contribution in [0.4, 0.5) is 0 Å². The van der Waals surface area contributed by atoms with Crippen LogP contribution in [-0.4, -0.2) is 61.6 Å². The molecule has 0 aromatic heterocycles. The van der Waals surface area contributed by atoms with Gasteiger partial charge in [-0.15, -0.1) is 0 Å². The van der Waals surface area contributed by atoms with Gasteiger partial charge in [-0.2, -0.15) is 16.8 Å². The van der Waals surface area contributed by atoms with Crippen molar-refractivity contribution in [1.29, 1.82) is 0 Å². The number of hydrogen-bond donors (Lipinski definition) is 2. The molecule has 0 fully saturated rings. The van der Waals surface area contributed by atoms with Gasteiger partial charge in [0.2, 0.25) is 0 Å². The van der Waals surface area contributed by atoms with Gasteiger partial charge in [-0.25, -0.2) is 0 Å². The maximum Gasteiger partial charge on any atom is 0.294 e. The van der Waals surface area contributed by atoms with Gasteiger partial charge in [0, 0.05) is 56.1 Å². The van der Waals surface area contributed by atoms with Crippen LogP contribution in [0, 0.1) is 5.92 Å². The third-order valence-corrected chi connectivity index (χ3v) is 8.64. The molecule has 2 N–H and O–H groups in total. The van der Waals surface area contributed by atoms with E-state index in [2.05, 4.69) is 0 Å². The molecule has 5 aliphatic rings. The van der Waals surface area contributed by atoms with Crippen LogP contribution >= 0.6 is 0 Å². The first-order valence-electron chi connectivity index (χ1n) is 12.5. The highest BCUT2D eigenvalue weighted by Gasteiger charge is 2.32. The van der Waals surface area contributed by atoms with Crippen LogP contribution in [0.3, 0.4) is 0 Å². The van der Waals surface area contributed by atoms with Crippen molar-refractivity contribution < 1.29 is 54.7 Å². The van der Waals surface area contributed by atoms with E-state index in [1.165, 1.54) is 6.08 Å². The van der Waals surface area contributed by atoms with E-state index in [0.29, 0.717) is 12.6 Å². The minimum atomic E-state index is -4.92. The molecule has 0 saturated heterocycles. The molecule has 0 saturated carbocycles. The number of carbonyl (C=O) groups is 6. The predicted molar refractivity (Wildman–Crippen MR) is 152 cm³/mol. The summed E-state index contributed by atoms with van der Waals surface area (Å²) in [7, 11) is -9.84. The molecule has 0 aliphatic heterocycles. The van der Waals surface area contributed by atoms with E-state index in [1.54, 1.807) is 0 Å². The van der Waals surface area contributed by atoms with Crippen molar-refractivity contribution >= 4 is 55.9 Å². The van der Waals surface area contributed by atoms with Gasteiger partial charge in [0.1, 0.15) is 12.6 Å². The summed E-state index contributed by atoms with van der Waals surface area (Å²) in [6, 6.07) is 0. The fourth-order valence-electron chi connectivity index (χ4n) is 4.91. The molecule has 0 radical (unpaired) electrons. The van der Waals surface area contributed by atoms with E-state index in [0.717, 1.165) is 60.8 Å². The highest BCUT2D eigenvalue weighted by Crippen LogP contribution is 2.33. The fraction of sp³-hybridized carbons (Fsp3) is 0.0667. The van der Waals surface area contributed by atoms with E-state index in [4.69, 9.17) is 0 Å². The van der Waals surface area contributed by atoms with E-state index in [1.807, 2.05) is 0 Å². The molecule has 0 aromatic rings. The average molecular weight is 635 g/mol. The number of allylic oxidation sites excluding steroid dienone is 20. The summed E-state index contributed by atoms with van der Waals surface area (Å²) in [4.78, 5) is 75.9. The Balaban J connectivity index is 1.87. The van der Waals surface area contributed by atoms with Crippen molar-refractivity contribution in [3.8, 4) is 0 Å². The lowest BCUT2D eigenvalue weighted by Gasteiger charge is -2.21. The average Bonchev–Trinajstić information content (AvgIpc) is 2.94. The molecule has 222 valence electrons. The number of ketones is 4. The van der Waals surface area contributed by atoms with Crippen LogP contribution in [0.1, 0.15) is 6.42 Å². The Bertz CT molecular complexity index is 2110. The topological polar surface area (TPSA) is 211 Å². The highest BCUT2D eigenvalue weighted by molar-refractivity contribution is 7.90. The van der Waals surface area contributed by atoms with Crippen molar-refractivity contribution in [2.24, 2.45) is 5.92 Å². The number of Topliss-reactive ketones (excluding diaryl/α,β-unsaturated/α-hetero) is 4. The number of carbonyl (C=O) groups excluding carboxylic acids is 6.